The van der Waals surface area contributed by atoms with Gasteiger partial charge in [-0.1, -0.05) is 11.6 Å². The number of anilines is 1. The van der Waals surface area contributed by atoms with E-state index in [1.54, 1.807) is 35.9 Å². The minimum absolute atomic E-state index is 0.121. The zero-order chi connectivity index (χ0) is 21.1. The molecule has 1 aliphatic rings. The molecule has 152 valence electrons. The first-order valence-corrected chi connectivity index (χ1v) is 10.9. The van der Waals surface area contributed by atoms with Gasteiger partial charge in [0, 0.05) is 53.7 Å². The molecule has 7 heteroatoms. The summed E-state index contributed by atoms with van der Waals surface area (Å²) in [6.45, 7) is 4.48. The molecule has 0 bridgehead atoms. The van der Waals surface area contributed by atoms with E-state index in [-0.39, 0.29) is 5.91 Å². The summed E-state index contributed by atoms with van der Waals surface area (Å²) in [7, 11) is -1.19. The SMILES string of the molecule is CC(C)=CCN(C(=O)C1=C(N)c2cccnc2[SH]1c1cccnc1)c1ccncc1. The van der Waals surface area contributed by atoms with Crippen molar-refractivity contribution in [1.29, 1.82) is 0 Å². The van der Waals surface area contributed by atoms with E-state index < -0.39 is 10.9 Å². The summed E-state index contributed by atoms with van der Waals surface area (Å²) in [6, 6.07) is 11.3. The summed E-state index contributed by atoms with van der Waals surface area (Å²) in [5.74, 6) is -0.121. The lowest BCUT2D eigenvalue weighted by atomic mass is 10.2. The highest BCUT2D eigenvalue weighted by atomic mass is 32.2. The van der Waals surface area contributed by atoms with Gasteiger partial charge in [0.1, 0.15) is 0 Å². The van der Waals surface area contributed by atoms with Crippen LogP contribution in [-0.4, -0.2) is 27.4 Å². The highest BCUT2D eigenvalue weighted by molar-refractivity contribution is 8.21. The van der Waals surface area contributed by atoms with Crippen molar-refractivity contribution in [2.24, 2.45) is 5.73 Å². The molecule has 6 nitrogen and oxygen atoms in total. The molecule has 4 heterocycles. The summed E-state index contributed by atoms with van der Waals surface area (Å²) in [5.41, 5.74) is 9.78. The number of thiol groups is 1. The molecule has 2 N–H and O–H groups in total. The molecule has 0 aliphatic carbocycles. The molecule has 1 amide bonds. The topological polar surface area (TPSA) is 85.0 Å². The Balaban J connectivity index is 1.84. The number of hydrogen-bond donors (Lipinski definition) is 2. The van der Waals surface area contributed by atoms with Crippen LogP contribution in [0.1, 0.15) is 19.4 Å². The third-order valence-electron chi connectivity index (χ3n) is 4.78. The average molecular weight is 418 g/mol. The summed E-state index contributed by atoms with van der Waals surface area (Å²) in [5, 5.41) is 0.846. The Kier molecular flexibility index (Phi) is 5.63. The van der Waals surface area contributed by atoms with Gasteiger partial charge in [0.05, 0.1) is 15.6 Å². The van der Waals surface area contributed by atoms with Crippen molar-refractivity contribution in [3.63, 3.8) is 0 Å². The number of amides is 1. The largest absolute Gasteiger partial charge is 0.397 e. The van der Waals surface area contributed by atoms with E-state index in [1.807, 2.05) is 56.3 Å². The quantitative estimate of drug-likeness (QED) is 0.485. The van der Waals surface area contributed by atoms with Gasteiger partial charge in [-0.2, -0.15) is 0 Å². The maximum absolute atomic E-state index is 13.9. The Bertz CT molecular complexity index is 1120. The molecule has 0 spiro atoms. The Labute approximate surface area is 178 Å². The number of aromatic nitrogens is 3. The fourth-order valence-electron chi connectivity index (χ4n) is 3.32. The van der Waals surface area contributed by atoms with Gasteiger partial charge in [-0.25, -0.2) is 0 Å². The monoisotopic (exact) mass is 417 g/mol. The second-order valence-electron chi connectivity index (χ2n) is 7.09. The van der Waals surface area contributed by atoms with Crippen LogP contribution in [-0.2, 0) is 4.79 Å². The number of fused-ring (bicyclic) bond motifs is 1. The lowest BCUT2D eigenvalue weighted by Crippen LogP contribution is -2.33. The summed E-state index contributed by atoms with van der Waals surface area (Å²) >= 11 is 0. The first kappa shape index (κ1) is 19.8. The van der Waals surface area contributed by atoms with Gasteiger partial charge in [-0.05, 0) is 50.2 Å². The van der Waals surface area contributed by atoms with Crippen LogP contribution in [0.4, 0.5) is 5.69 Å². The van der Waals surface area contributed by atoms with Crippen LogP contribution < -0.4 is 10.6 Å². The second kappa shape index (κ2) is 8.51. The van der Waals surface area contributed by atoms with Crippen LogP contribution in [0.15, 0.2) is 93.9 Å². The lowest BCUT2D eigenvalue weighted by molar-refractivity contribution is -0.114. The van der Waals surface area contributed by atoms with Crippen LogP contribution in [0.2, 0.25) is 0 Å². The third kappa shape index (κ3) is 3.71. The number of allylic oxidation sites excluding steroid dienone is 1. The number of hydrogen-bond acceptors (Lipinski definition) is 5. The molecular weight excluding hydrogens is 394 g/mol. The fourth-order valence-corrected chi connectivity index (χ4v) is 5.74. The molecule has 0 radical (unpaired) electrons. The third-order valence-corrected chi connectivity index (χ3v) is 7.22. The minimum Gasteiger partial charge on any atom is -0.397 e. The molecule has 3 aromatic rings. The fraction of sp³-hybridized carbons (Fsp3) is 0.130. The van der Waals surface area contributed by atoms with E-state index in [0.29, 0.717) is 17.1 Å². The maximum atomic E-state index is 13.9. The van der Waals surface area contributed by atoms with Crippen LogP contribution >= 0.6 is 10.9 Å². The van der Waals surface area contributed by atoms with Crippen LogP contribution in [0, 0.1) is 0 Å². The Morgan fingerprint density at radius 1 is 1.07 bits per heavy atom. The lowest BCUT2D eigenvalue weighted by Gasteiger charge is -2.26. The maximum Gasteiger partial charge on any atom is 0.266 e. The summed E-state index contributed by atoms with van der Waals surface area (Å²) in [6.07, 6.45) is 10.7. The minimum atomic E-state index is -1.19. The zero-order valence-corrected chi connectivity index (χ0v) is 17.8. The van der Waals surface area contributed by atoms with Crippen LogP contribution in [0.5, 0.6) is 0 Å². The van der Waals surface area contributed by atoms with Crippen molar-refractivity contribution in [3.05, 3.63) is 89.5 Å². The highest BCUT2D eigenvalue weighted by Crippen LogP contribution is 2.58. The van der Waals surface area contributed by atoms with Gasteiger partial charge >= 0.3 is 0 Å². The molecule has 0 aromatic carbocycles. The molecule has 0 saturated heterocycles. The van der Waals surface area contributed by atoms with Crippen LogP contribution in [0.3, 0.4) is 0 Å². The van der Waals surface area contributed by atoms with Crippen molar-refractivity contribution in [2.45, 2.75) is 23.8 Å². The van der Waals surface area contributed by atoms with E-state index in [2.05, 4.69) is 15.0 Å². The van der Waals surface area contributed by atoms with Gasteiger partial charge in [0.25, 0.3) is 5.91 Å². The summed E-state index contributed by atoms with van der Waals surface area (Å²) in [4.78, 5) is 30.2. The molecule has 4 rings (SSSR count). The zero-order valence-electron chi connectivity index (χ0n) is 16.9. The summed E-state index contributed by atoms with van der Waals surface area (Å²) < 4.78 is 0. The first-order valence-electron chi connectivity index (χ1n) is 9.58. The van der Waals surface area contributed by atoms with E-state index in [0.717, 1.165) is 26.7 Å². The molecule has 0 fully saturated rings. The second-order valence-corrected chi connectivity index (χ2v) is 9.14. The number of carbonyl (C=O) groups is 1. The molecule has 1 unspecified atom stereocenters. The molecular formula is C23H23N5OS. The predicted octanol–water partition coefficient (Wildman–Crippen LogP) is 3.93. The van der Waals surface area contributed by atoms with Crippen LogP contribution in [0.25, 0.3) is 5.70 Å². The van der Waals surface area contributed by atoms with Crippen molar-refractivity contribution in [3.8, 4) is 0 Å². The van der Waals surface area contributed by atoms with E-state index >= 15 is 0 Å². The predicted molar refractivity (Wildman–Crippen MR) is 121 cm³/mol. The van der Waals surface area contributed by atoms with Gasteiger partial charge in [0.2, 0.25) is 0 Å². The molecule has 3 aromatic heterocycles. The number of nitrogens with zero attached hydrogens (tertiary/aromatic N) is 4. The van der Waals surface area contributed by atoms with E-state index in [4.69, 9.17) is 5.73 Å². The number of rotatable bonds is 5. The average Bonchev–Trinajstić information content (AvgIpc) is 3.07. The van der Waals surface area contributed by atoms with Crippen molar-refractivity contribution < 1.29 is 4.79 Å². The Hall–Kier alpha value is -3.45. The van der Waals surface area contributed by atoms with Gasteiger partial charge in [-0.3, -0.25) is 19.7 Å². The van der Waals surface area contributed by atoms with Gasteiger partial charge in [-0.15, -0.1) is 10.9 Å². The standard InChI is InChI=1S/C23H23N5OS/c1-16(2)9-14-28(17-7-12-25-13-8-17)23(29)21-20(24)19-6-4-11-27-22(19)30(21)18-5-3-10-26-15-18/h3-13,15,30H,14,24H2,1-2H3. The van der Waals surface area contributed by atoms with E-state index in [1.165, 1.54) is 0 Å². The number of carbonyl (C=O) groups excluding carboxylic acids is 1. The van der Waals surface area contributed by atoms with Gasteiger partial charge in [0.15, 0.2) is 0 Å². The Morgan fingerprint density at radius 2 is 1.83 bits per heavy atom. The normalized spacial score (nSPS) is 16.1. The highest BCUT2D eigenvalue weighted by Gasteiger charge is 2.36. The van der Waals surface area contributed by atoms with Crippen molar-refractivity contribution in [2.75, 3.05) is 11.4 Å². The number of nitrogens with two attached hydrogens (primary N) is 1. The first-order chi connectivity index (χ1) is 14.6. The smallest absolute Gasteiger partial charge is 0.266 e. The Morgan fingerprint density at radius 3 is 2.53 bits per heavy atom. The molecule has 30 heavy (non-hydrogen) atoms. The van der Waals surface area contributed by atoms with Crippen molar-refractivity contribution >= 4 is 28.2 Å². The molecule has 1 aliphatic heterocycles. The van der Waals surface area contributed by atoms with Crippen molar-refractivity contribution in [1.82, 2.24) is 15.0 Å². The molecule has 1 atom stereocenters. The number of pyridine rings is 3. The van der Waals surface area contributed by atoms with E-state index in [9.17, 15) is 4.79 Å². The van der Waals surface area contributed by atoms with Gasteiger partial charge < -0.3 is 10.6 Å². The molecule has 0 saturated carbocycles.